The molecular formula is C18H29Si. The van der Waals surface area contributed by atoms with E-state index in [-0.39, 0.29) is 0 Å². The molecule has 0 aromatic heterocycles. The highest BCUT2D eigenvalue weighted by Gasteiger charge is 2.49. The summed E-state index contributed by atoms with van der Waals surface area (Å²) in [5, 5.41) is 0. The van der Waals surface area contributed by atoms with Crippen molar-refractivity contribution < 1.29 is 0 Å². The minimum atomic E-state index is 0.860. The fraction of sp³-hybridized carbons (Fsp3) is 1.00. The van der Waals surface area contributed by atoms with Gasteiger partial charge in [0.2, 0.25) is 0 Å². The maximum atomic E-state index is 4.14. The van der Waals surface area contributed by atoms with E-state index in [1.165, 1.54) is 32.1 Å². The zero-order chi connectivity index (χ0) is 12.8. The fourth-order valence-electron chi connectivity index (χ4n) is 6.49. The normalized spacial score (nSPS) is 51.0. The fourth-order valence-corrected chi connectivity index (χ4v) is 7.14. The second kappa shape index (κ2) is 5.20. The Morgan fingerprint density at radius 2 is 1.16 bits per heavy atom. The highest BCUT2D eigenvalue weighted by Crippen LogP contribution is 2.60. The second-order valence-electron chi connectivity index (χ2n) is 8.15. The van der Waals surface area contributed by atoms with Gasteiger partial charge in [0, 0.05) is 10.2 Å². The Morgan fingerprint density at radius 3 is 1.89 bits per heavy atom. The molecule has 4 aliphatic carbocycles. The Morgan fingerprint density at radius 1 is 0.526 bits per heavy atom. The van der Waals surface area contributed by atoms with Gasteiger partial charge in [0.05, 0.1) is 0 Å². The van der Waals surface area contributed by atoms with Crippen LogP contribution < -0.4 is 0 Å². The van der Waals surface area contributed by atoms with Gasteiger partial charge in [0.1, 0.15) is 0 Å². The monoisotopic (exact) mass is 273 g/mol. The average molecular weight is 274 g/mol. The minimum Gasteiger partial charge on any atom is -0.0533 e. The second-order valence-corrected chi connectivity index (χ2v) is 8.90. The Balaban J connectivity index is 1.51. The lowest BCUT2D eigenvalue weighted by Crippen LogP contribution is -2.32. The van der Waals surface area contributed by atoms with Gasteiger partial charge in [-0.15, -0.1) is 0 Å². The summed E-state index contributed by atoms with van der Waals surface area (Å²) in [5.74, 6) is 6.58. The zero-order valence-corrected chi connectivity index (χ0v) is 13.3. The average Bonchev–Trinajstić information content (AvgIpc) is 3.02. The van der Waals surface area contributed by atoms with Crippen molar-refractivity contribution in [3.8, 4) is 0 Å². The van der Waals surface area contributed by atoms with Crippen molar-refractivity contribution in [1.29, 1.82) is 0 Å². The molecule has 0 N–H and O–H groups in total. The molecule has 4 saturated carbocycles. The van der Waals surface area contributed by atoms with Crippen molar-refractivity contribution in [2.75, 3.05) is 0 Å². The van der Waals surface area contributed by atoms with Crippen LogP contribution in [0.3, 0.4) is 0 Å². The van der Waals surface area contributed by atoms with Crippen molar-refractivity contribution in [2.24, 2.45) is 35.5 Å². The largest absolute Gasteiger partial charge is 0.0533 e. The lowest BCUT2D eigenvalue weighted by atomic mass is 9.65. The molecule has 0 aromatic rings. The van der Waals surface area contributed by atoms with Crippen molar-refractivity contribution in [2.45, 2.75) is 76.2 Å². The molecule has 4 aliphatic rings. The van der Waals surface area contributed by atoms with Gasteiger partial charge in [-0.25, -0.2) is 0 Å². The van der Waals surface area contributed by atoms with E-state index in [1.54, 1.807) is 38.5 Å². The zero-order valence-electron chi connectivity index (χ0n) is 12.3. The van der Waals surface area contributed by atoms with Crippen molar-refractivity contribution in [1.82, 2.24) is 0 Å². The maximum Gasteiger partial charge on any atom is 0.0270 e. The van der Waals surface area contributed by atoms with Crippen LogP contribution in [-0.2, 0) is 0 Å². The van der Waals surface area contributed by atoms with Crippen LogP contribution in [0.1, 0.15) is 70.6 Å². The van der Waals surface area contributed by atoms with Crippen LogP contribution >= 0.6 is 0 Å². The summed E-state index contributed by atoms with van der Waals surface area (Å²) < 4.78 is 0. The van der Waals surface area contributed by atoms with Crippen molar-refractivity contribution in [3.63, 3.8) is 0 Å². The number of rotatable bonds is 1. The van der Waals surface area contributed by atoms with E-state index in [9.17, 15) is 0 Å². The highest BCUT2D eigenvalue weighted by molar-refractivity contribution is 6.12. The summed E-state index contributed by atoms with van der Waals surface area (Å²) in [6.45, 7) is 0. The van der Waals surface area contributed by atoms with Crippen LogP contribution in [0.25, 0.3) is 0 Å². The summed E-state index contributed by atoms with van der Waals surface area (Å²) in [6, 6.07) is 0. The molecule has 6 unspecified atom stereocenters. The first-order valence-electron chi connectivity index (χ1n) is 9.04. The van der Waals surface area contributed by atoms with Crippen LogP contribution in [0.4, 0.5) is 0 Å². The molecule has 4 fully saturated rings. The number of fused-ring (bicyclic) bond motifs is 2. The molecule has 6 atom stereocenters. The smallest absolute Gasteiger partial charge is 0.0270 e. The van der Waals surface area contributed by atoms with E-state index < -0.39 is 0 Å². The molecular weight excluding hydrogens is 244 g/mol. The summed E-state index contributed by atoms with van der Waals surface area (Å²) in [4.78, 5) is 0. The van der Waals surface area contributed by atoms with Crippen molar-refractivity contribution >= 4 is 10.2 Å². The first kappa shape index (κ1) is 12.9. The molecule has 0 bridgehead atoms. The molecule has 0 aromatic carbocycles. The van der Waals surface area contributed by atoms with Crippen LogP contribution in [0.5, 0.6) is 0 Å². The summed E-state index contributed by atoms with van der Waals surface area (Å²) in [7, 11) is 4.14. The summed E-state index contributed by atoms with van der Waals surface area (Å²) >= 11 is 0. The van der Waals surface area contributed by atoms with Crippen LogP contribution in [0.2, 0.25) is 5.54 Å². The van der Waals surface area contributed by atoms with E-state index in [4.69, 9.17) is 0 Å². The van der Waals surface area contributed by atoms with Gasteiger partial charge >= 0.3 is 0 Å². The predicted molar refractivity (Wildman–Crippen MR) is 81.2 cm³/mol. The van der Waals surface area contributed by atoms with Crippen LogP contribution in [0.15, 0.2) is 0 Å². The Hall–Kier alpha value is 0.217. The Kier molecular flexibility index (Phi) is 3.54. The van der Waals surface area contributed by atoms with Crippen LogP contribution in [-0.4, -0.2) is 10.2 Å². The summed E-state index contributed by atoms with van der Waals surface area (Å²) in [6.07, 6.45) is 17.0. The molecule has 0 spiro atoms. The van der Waals surface area contributed by atoms with Gasteiger partial charge < -0.3 is 0 Å². The van der Waals surface area contributed by atoms with Gasteiger partial charge in [0.25, 0.3) is 0 Å². The maximum absolute atomic E-state index is 4.14. The molecule has 0 nitrogen and oxygen atoms in total. The van der Waals surface area contributed by atoms with E-state index in [0.717, 1.165) is 41.0 Å². The molecule has 0 heterocycles. The molecule has 19 heavy (non-hydrogen) atoms. The first-order chi connectivity index (χ1) is 9.33. The Labute approximate surface area is 122 Å². The SMILES string of the molecule is [Si]C1CC(C2CCCCC2)C2CC3CCCC3CC12. The Bertz CT molecular complexity index is 320. The molecule has 3 radical (unpaired) electrons. The van der Waals surface area contributed by atoms with Crippen LogP contribution in [0, 0.1) is 35.5 Å². The highest BCUT2D eigenvalue weighted by atomic mass is 28.1. The van der Waals surface area contributed by atoms with E-state index in [2.05, 4.69) is 10.2 Å². The van der Waals surface area contributed by atoms with Crippen molar-refractivity contribution in [3.05, 3.63) is 0 Å². The lowest BCUT2D eigenvalue weighted by molar-refractivity contribution is 0.0951. The van der Waals surface area contributed by atoms with E-state index in [0.29, 0.717) is 0 Å². The summed E-state index contributed by atoms with van der Waals surface area (Å²) in [5.41, 5.74) is 0.860. The molecule has 0 saturated heterocycles. The molecule has 1 heteroatoms. The topological polar surface area (TPSA) is 0 Å². The van der Waals surface area contributed by atoms with Gasteiger partial charge in [-0.1, -0.05) is 51.4 Å². The van der Waals surface area contributed by atoms with Gasteiger partial charge in [-0.05, 0) is 60.3 Å². The van der Waals surface area contributed by atoms with Gasteiger partial charge in [-0.3, -0.25) is 0 Å². The first-order valence-corrected chi connectivity index (χ1v) is 9.62. The molecule has 4 rings (SSSR count). The van der Waals surface area contributed by atoms with E-state index in [1.807, 2.05) is 0 Å². The standard InChI is InChI=1S/C18H29Si/c19-18-11-15(12-5-2-1-3-6-12)16-9-13-7-4-8-14(13)10-17(16)18/h12-18H,1-11H2. The lowest BCUT2D eigenvalue weighted by Gasteiger charge is -2.41. The molecule has 0 amide bonds. The third kappa shape index (κ3) is 2.24. The molecule has 105 valence electrons. The number of hydrogen-bond acceptors (Lipinski definition) is 0. The molecule has 0 aliphatic heterocycles. The van der Waals surface area contributed by atoms with Gasteiger partial charge in [0.15, 0.2) is 0 Å². The number of hydrogen-bond donors (Lipinski definition) is 0. The third-order valence-electron chi connectivity index (χ3n) is 7.36. The predicted octanol–water partition coefficient (Wildman–Crippen LogP) is 4.99. The van der Waals surface area contributed by atoms with E-state index >= 15 is 0 Å². The third-order valence-corrected chi connectivity index (χ3v) is 8.03. The quantitative estimate of drug-likeness (QED) is 0.591. The minimum absolute atomic E-state index is 0.860. The van der Waals surface area contributed by atoms with Gasteiger partial charge in [-0.2, -0.15) is 0 Å².